The van der Waals surface area contributed by atoms with Crippen LogP contribution in [0.2, 0.25) is 0 Å². The van der Waals surface area contributed by atoms with Gasteiger partial charge >= 0.3 is 0 Å². The van der Waals surface area contributed by atoms with E-state index in [1.54, 1.807) is 0 Å². The molecule has 0 aromatic carbocycles. The molecule has 1 aliphatic heterocycles. The Balaban J connectivity index is 0.000000292. The molecule has 1 rings (SSSR count). The summed E-state index contributed by atoms with van der Waals surface area (Å²) in [7, 11) is 4.64. The lowest BCUT2D eigenvalue weighted by molar-refractivity contribution is -0.894. The van der Waals surface area contributed by atoms with Crippen molar-refractivity contribution in [3.05, 3.63) is 0 Å². The molecule has 1 saturated heterocycles. The quantitative estimate of drug-likeness (QED) is 0.368. The van der Waals surface area contributed by atoms with Crippen LogP contribution < -0.4 is 5.11 Å². The van der Waals surface area contributed by atoms with Gasteiger partial charge in [0.25, 0.3) is 0 Å². The van der Waals surface area contributed by atoms with Crippen LogP contribution in [0.3, 0.4) is 0 Å². The molecule has 0 spiro atoms. The molecule has 0 unspecified atom stereocenters. The molecule has 0 N–H and O–H groups in total. The molecule has 1 heterocycles. The van der Waals surface area contributed by atoms with Crippen LogP contribution in [-0.4, -0.2) is 31.7 Å². The van der Waals surface area contributed by atoms with Crippen LogP contribution in [0.1, 0.15) is 19.3 Å². The van der Waals surface area contributed by atoms with Crippen LogP contribution in [0.25, 0.3) is 0 Å². The summed E-state index contributed by atoms with van der Waals surface area (Å²) in [5.74, 6) is 0. The molecule has 0 aromatic rings. The summed E-state index contributed by atoms with van der Waals surface area (Å²) >= 11 is 0. The van der Waals surface area contributed by atoms with Crippen molar-refractivity contribution >= 4 is 0 Å². The van der Waals surface area contributed by atoms with Crippen LogP contribution in [0.5, 0.6) is 0 Å². The van der Waals surface area contributed by atoms with E-state index in [-0.39, 0.29) is 0 Å². The van der Waals surface area contributed by atoms with Crippen molar-refractivity contribution in [3.8, 4) is 6.26 Å². The molecule has 0 amide bonds. The molecule has 3 nitrogen and oxygen atoms in total. The molecule has 0 bridgehead atoms. The molecular formula is C8H16N2O. The predicted molar refractivity (Wildman–Crippen MR) is 41.3 cm³/mol. The highest BCUT2D eigenvalue weighted by atomic mass is 16.2. The standard InChI is InChI=1S/C7H16N.CHNO/c1-8(2)6-4-3-5-7-8;2-1-3/h3-7H2,1-2H3;3H/q+1;/p-1. The van der Waals surface area contributed by atoms with Gasteiger partial charge in [0.2, 0.25) is 0 Å². The highest BCUT2D eigenvalue weighted by molar-refractivity contribution is 4.47. The average molecular weight is 156 g/mol. The van der Waals surface area contributed by atoms with E-state index in [1.165, 1.54) is 36.8 Å². The van der Waals surface area contributed by atoms with Crippen LogP contribution in [-0.2, 0) is 0 Å². The summed E-state index contributed by atoms with van der Waals surface area (Å²) in [5, 5.41) is 15.0. The minimum Gasteiger partial charge on any atom is -0.812 e. The number of likely N-dealkylation sites (tertiary alicyclic amines) is 1. The van der Waals surface area contributed by atoms with Crippen molar-refractivity contribution in [1.29, 1.82) is 5.26 Å². The lowest BCUT2D eigenvalue weighted by Crippen LogP contribution is -2.43. The van der Waals surface area contributed by atoms with Gasteiger partial charge in [-0.3, -0.25) is 0 Å². The number of piperidine rings is 1. The van der Waals surface area contributed by atoms with E-state index in [2.05, 4.69) is 14.1 Å². The van der Waals surface area contributed by atoms with E-state index in [9.17, 15) is 0 Å². The average Bonchev–Trinajstić information content (AvgIpc) is 1.88. The summed E-state index contributed by atoms with van der Waals surface area (Å²) in [6.07, 6.45) is 4.84. The van der Waals surface area contributed by atoms with Crippen molar-refractivity contribution in [2.45, 2.75) is 19.3 Å². The summed E-state index contributed by atoms with van der Waals surface area (Å²) in [5.41, 5.74) is 0. The Kier molecular flexibility index (Phi) is 4.64. The second-order valence-corrected chi connectivity index (χ2v) is 3.53. The van der Waals surface area contributed by atoms with Gasteiger partial charge in [-0.25, -0.2) is 5.26 Å². The molecule has 1 fully saturated rings. The maximum Gasteiger partial charge on any atom is 0.0782 e. The fourth-order valence-corrected chi connectivity index (χ4v) is 1.37. The van der Waals surface area contributed by atoms with Gasteiger partial charge < -0.3 is 9.59 Å². The van der Waals surface area contributed by atoms with Crippen LogP contribution >= 0.6 is 0 Å². The van der Waals surface area contributed by atoms with Crippen molar-refractivity contribution < 1.29 is 9.59 Å². The Labute approximate surface area is 68.5 Å². The van der Waals surface area contributed by atoms with Gasteiger partial charge in [-0.1, -0.05) is 0 Å². The Hall–Kier alpha value is -0.750. The number of hydrogen-bond acceptors (Lipinski definition) is 2. The van der Waals surface area contributed by atoms with Gasteiger partial charge in [0.1, 0.15) is 0 Å². The molecule has 0 atom stereocenters. The molecule has 1 aliphatic rings. The minimum atomic E-state index is 0.500. The minimum absolute atomic E-state index is 0.500. The summed E-state index contributed by atoms with van der Waals surface area (Å²) < 4.78 is 1.25. The number of hydrogen-bond donors (Lipinski definition) is 0. The lowest BCUT2D eigenvalue weighted by atomic mass is 10.1. The number of nitriles is 1. The van der Waals surface area contributed by atoms with Gasteiger partial charge in [-0.15, -0.1) is 0 Å². The summed E-state index contributed by atoms with van der Waals surface area (Å²) in [6.45, 7) is 2.78. The zero-order valence-electron chi connectivity index (χ0n) is 7.34. The molecule has 3 heteroatoms. The highest BCUT2D eigenvalue weighted by Crippen LogP contribution is 2.11. The number of quaternary nitrogens is 1. The maximum atomic E-state index is 8.24. The monoisotopic (exact) mass is 156 g/mol. The third-order valence-electron chi connectivity index (χ3n) is 2.03. The topological polar surface area (TPSA) is 46.8 Å². The third-order valence-corrected chi connectivity index (χ3v) is 2.03. The lowest BCUT2D eigenvalue weighted by Gasteiger charge is -2.33. The second-order valence-electron chi connectivity index (χ2n) is 3.53. The van der Waals surface area contributed by atoms with E-state index in [0.29, 0.717) is 6.26 Å². The number of nitrogens with zero attached hydrogens (tertiary/aromatic N) is 2. The van der Waals surface area contributed by atoms with E-state index in [1.807, 2.05) is 0 Å². The summed E-state index contributed by atoms with van der Waals surface area (Å²) in [6, 6.07) is 0. The zero-order valence-corrected chi connectivity index (χ0v) is 7.34. The Morgan fingerprint density at radius 3 is 1.73 bits per heavy atom. The first-order chi connectivity index (χ1) is 5.12. The molecule has 0 aromatic heterocycles. The molecular weight excluding hydrogens is 140 g/mol. The molecule has 11 heavy (non-hydrogen) atoms. The zero-order chi connectivity index (χ0) is 8.74. The first-order valence-corrected chi connectivity index (χ1v) is 3.95. The highest BCUT2D eigenvalue weighted by Gasteiger charge is 2.17. The molecule has 64 valence electrons. The molecule has 0 saturated carbocycles. The Bertz CT molecular complexity index is 130. The smallest absolute Gasteiger partial charge is 0.0782 e. The SMILES string of the molecule is C[N+]1(C)CCCCC1.N#C[O-]. The van der Waals surface area contributed by atoms with E-state index in [0.717, 1.165) is 0 Å². The first kappa shape index (κ1) is 10.2. The van der Waals surface area contributed by atoms with Gasteiger partial charge in [0.05, 0.1) is 27.2 Å². The van der Waals surface area contributed by atoms with E-state index >= 15 is 0 Å². The van der Waals surface area contributed by atoms with Gasteiger partial charge in [0.15, 0.2) is 0 Å². The first-order valence-electron chi connectivity index (χ1n) is 3.95. The Morgan fingerprint density at radius 2 is 1.55 bits per heavy atom. The van der Waals surface area contributed by atoms with Gasteiger partial charge in [-0.05, 0) is 19.3 Å². The van der Waals surface area contributed by atoms with E-state index < -0.39 is 0 Å². The molecule has 0 aliphatic carbocycles. The van der Waals surface area contributed by atoms with Crippen molar-refractivity contribution in [1.82, 2.24) is 0 Å². The van der Waals surface area contributed by atoms with Gasteiger partial charge in [-0.2, -0.15) is 0 Å². The van der Waals surface area contributed by atoms with Crippen LogP contribution in [0.4, 0.5) is 0 Å². The normalized spacial score (nSPS) is 20.8. The number of rotatable bonds is 0. The van der Waals surface area contributed by atoms with E-state index in [4.69, 9.17) is 10.4 Å². The maximum absolute atomic E-state index is 8.24. The second kappa shape index (κ2) is 4.97. The van der Waals surface area contributed by atoms with Gasteiger partial charge in [0, 0.05) is 6.26 Å². The van der Waals surface area contributed by atoms with Crippen molar-refractivity contribution in [2.75, 3.05) is 27.2 Å². The van der Waals surface area contributed by atoms with Crippen molar-refractivity contribution in [3.63, 3.8) is 0 Å². The summed E-state index contributed by atoms with van der Waals surface area (Å²) in [4.78, 5) is 0. The van der Waals surface area contributed by atoms with Crippen molar-refractivity contribution in [2.24, 2.45) is 0 Å². The molecule has 0 radical (unpaired) electrons. The third kappa shape index (κ3) is 5.68. The largest absolute Gasteiger partial charge is 0.812 e. The van der Waals surface area contributed by atoms with Crippen LogP contribution in [0.15, 0.2) is 0 Å². The van der Waals surface area contributed by atoms with Crippen LogP contribution in [0, 0.1) is 11.5 Å². The Morgan fingerprint density at radius 1 is 1.18 bits per heavy atom. The fourth-order valence-electron chi connectivity index (χ4n) is 1.37. The predicted octanol–water partition coefficient (Wildman–Crippen LogP) is 0.0745. The fraction of sp³-hybridized carbons (Fsp3) is 0.875.